The Morgan fingerprint density at radius 1 is 1.21 bits per heavy atom. The van der Waals surface area contributed by atoms with Crippen molar-refractivity contribution >= 4 is 29.9 Å². The van der Waals surface area contributed by atoms with Gasteiger partial charge in [0.05, 0.1) is 25.5 Å². The molecule has 0 spiro atoms. The fraction of sp³-hybridized carbons (Fsp3) is 0.500. The Morgan fingerprint density at radius 2 is 1.97 bits per heavy atom. The third-order valence-corrected chi connectivity index (χ3v) is 4.97. The first-order chi connectivity index (χ1) is 13.6. The number of aliphatic imine (C=N–C) groups is 1. The van der Waals surface area contributed by atoms with Gasteiger partial charge in [-0.25, -0.2) is 4.99 Å². The van der Waals surface area contributed by atoms with Crippen molar-refractivity contribution in [2.24, 2.45) is 4.99 Å². The molecule has 3 rings (SSSR count). The van der Waals surface area contributed by atoms with Gasteiger partial charge in [0.15, 0.2) is 5.96 Å². The number of hydrogen-bond acceptors (Lipinski definition) is 4. The molecule has 1 heterocycles. The summed E-state index contributed by atoms with van der Waals surface area (Å²) in [5.74, 6) is 2.08. The number of ether oxygens (including phenoxy) is 1. The molecule has 29 heavy (non-hydrogen) atoms. The van der Waals surface area contributed by atoms with Crippen LogP contribution in [0.3, 0.4) is 0 Å². The Balaban J connectivity index is 0.00000300. The monoisotopic (exact) mass is 513 g/mol. The molecule has 1 aromatic carbocycles. The van der Waals surface area contributed by atoms with Gasteiger partial charge in [0.25, 0.3) is 0 Å². The Labute approximate surface area is 190 Å². The molecule has 1 aliphatic carbocycles. The molecular formula is C22H32IN3O3. The Hall–Kier alpha value is -1.74. The van der Waals surface area contributed by atoms with Crippen LogP contribution in [0.4, 0.5) is 0 Å². The molecule has 3 N–H and O–H groups in total. The maximum atomic E-state index is 10.6. The SMILES string of the molecule is CCNC(=NCc1ccccc1OC1CCCC1)NCC(C)(O)c1ccco1.I. The summed E-state index contributed by atoms with van der Waals surface area (Å²) in [6, 6.07) is 11.6. The summed E-state index contributed by atoms with van der Waals surface area (Å²) >= 11 is 0. The van der Waals surface area contributed by atoms with E-state index in [1.165, 1.54) is 12.8 Å². The average molecular weight is 513 g/mol. The highest BCUT2D eigenvalue weighted by atomic mass is 127. The van der Waals surface area contributed by atoms with Gasteiger partial charge >= 0.3 is 0 Å². The molecular weight excluding hydrogens is 481 g/mol. The second-order valence-electron chi connectivity index (χ2n) is 7.43. The van der Waals surface area contributed by atoms with Crippen LogP contribution in [0.5, 0.6) is 5.75 Å². The van der Waals surface area contributed by atoms with Crippen molar-refractivity contribution in [3.8, 4) is 5.75 Å². The lowest BCUT2D eigenvalue weighted by Crippen LogP contribution is -2.44. The van der Waals surface area contributed by atoms with E-state index in [1.54, 1.807) is 25.3 Å². The van der Waals surface area contributed by atoms with E-state index in [1.807, 2.05) is 25.1 Å². The smallest absolute Gasteiger partial charge is 0.191 e. The predicted octanol–water partition coefficient (Wildman–Crippen LogP) is 4.18. The number of benzene rings is 1. The lowest BCUT2D eigenvalue weighted by molar-refractivity contribution is 0.0386. The summed E-state index contributed by atoms with van der Waals surface area (Å²) < 4.78 is 11.5. The number of aliphatic hydroxyl groups is 1. The van der Waals surface area contributed by atoms with Crippen LogP contribution in [0, 0.1) is 0 Å². The third-order valence-electron chi connectivity index (χ3n) is 4.97. The zero-order valence-electron chi connectivity index (χ0n) is 17.2. The first-order valence-electron chi connectivity index (χ1n) is 10.1. The van der Waals surface area contributed by atoms with Gasteiger partial charge in [-0.2, -0.15) is 0 Å². The topological polar surface area (TPSA) is 79.0 Å². The number of nitrogens with zero attached hydrogens (tertiary/aromatic N) is 1. The molecule has 1 aliphatic rings. The third kappa shape index (κ3) is 6.92. The number of guanidine groups is 1. The largest absolute Gasteiger partial charge is 0.490 e. The molecule has 0 bridgehead atoms. The van der Waals surface area contributed by atoms with Crippen LogP contribution in [0.2, 0.25) is 0 Å². The molecule has 0 amide bonds. The second-order valence-corrected chi connectivity index (χ2v) is 7.43. The maximum absolute atomic E-state index is 10.6. The molecule has 1 atom stereocenters. The van der Waals surface area contributed by atoms with E-state index in [2.05, 4.69) is 21.7 Å². The highest BCUT2D eigenvalue weighted by Crippen LogP contribution is 2.27. The van der Waals surface area contributed by atoms with Gasteiger partial charge in [0, 0.05) is 12.1 Å². The van der Waals surface area contributed by atoms with Crippen molar-refractivity contribution in [1.82, 2.24) is 10.6 Å². The number of nitrogens with one attached hydrogen (secondary N) is 2. The molecule has 1 fully saturated rings. The van der Waals surface area contributed by atoms with Gasteiger partial charge in [0.2, 0.25) is 0 Å². The van der Waals surface area contributed by atoms with Crippen molar-refractivity contribution < 1.29 is 14.3 Å². The van der Waals surface area contributed by atoms with Gasteiger partial charge in [-0.3, -0.25) is 0 Å². The molecule has 1 unspecified atom stereocenters. The lowest BCUT2D eigenvalue weighted by Gasteiger charge is -2.23. The van der Waals surface area contributed by atoms with E-state index in [-0.39, 0.29) is 30.5 Å². The van der Waals surface area contributed by atoms with Crippen LogP contribution in [-0.2, 0) is 12.1 Å². The first-order valence-corrected chi connectivity index (χ1v) is 10.1. The standard InChI is InChI=1S/C22H31N3O3.HI/c1-3-23-21(25-16-22(2,26)20-13-8-14-27-20)24-15-17-9-4-7-12-19(17)28-18-10-5-6-11-18;/h4,7-9,12-14,18,26H,3,5-6,10-11,15-16H2,1-2H3,(H2,23,24,25);1H. The normalized spacial score (nSPS) is 16.7. The molecule has 0 radical (unpaired) electrons. The summed E-state index contributed by atoms with van der Waals surface area (Å²) in [6.07, 6.45) is 6.63. The molecule has 6 nitrogen and oxygen atoms in total. The Kier molecular flexibility index (Phi) is 9.29. The lowest BCUT2D eigenvalue weighted by atomic mass is 10.0. The Morgan fingerprint density at radius 3 is 2.66 bits per heavy atom. The fourth-order valence-corrected chi connectivity index (χ4v) is 3.37. The summed E-state index contributed by atoms with van der Waals surface area (Å²) in [4.78, 5) is 4.68. The average Bonchev–Trinajstić information content (AvgIpc) is 3.39. The predicted molar refractivity (Wildman–Crippen MR) is 126 cm³/mol. The van der Waals surface area contributed by atoms with Gasteiger partial charge in [-0.05, 0) is 57.7 Å². The minimum atomic E-state index is -1.12. The molecule has 0 aliphatic heterocycles. The van der Waals surface area contributed by atoms with Crippen molar-refractivity contribution in [3.63, 3.8) is 0 Å². The van der Waals surface area contributed by atoms with Crippen molar-refractivity contribution in [3.05, 3.63) is 54.0 Å². The number of para-hydroxylation sites is 1. The van der Waals surface area contributed by atoms with Gasteiger partial charge in [0.1, 0.15) is 17.1 Å². The van der Waals surface area contributed by atoms with Gasteiger partial charge in [-0.1, -0.05) is 18.2 Å². The fourth-order valence-electron chi connectivity index (χ4n) is 3.37. The van der Waals surface area contributed by atoms with E-state index in [4.69, 9.17) is 9.15 Å². The molecule has 1 aromatic heterocycles. The molecule has 160 valence electrons. The zero-order chi connectivity index (χ0) is 19.8. The molecule has 2 aromatic rings. The highest BCUT2D eigenvalue weighted by Gasteiger charge is 2.26. The quantitative estimate of drug-likeness (QED) is 0.281. The molecule has 1 saturated carbocycles. The minimum absolute atomic E-state index is 0. The summed E-state index contributed by atoms with van der Waals surface area (Å²) in [5, 5.41) is 17.0. The number of rotatable bonds is 8. The number of furan rings is 1. The van der Waals surface area contributed by atoms with Gasteiger partial charge in [-0.15, -0.1) is 24.0 Å². The molecule has 7 heteroatoms. The van der Waals surface area contributed by atoms with E-state index >= 15 is 0 Å². The van der Waals surface area contributed by atoms with Crippen LogP contribution >= 0.6 is 24.0 Å². The Bertz CT molecular complexity index is 756. The van der Waals surface area contributed by atoms with Crippen LogP contribution in [0.1, 0.15) is 50.9 Å². The highest BCUT2D eigenvalue weighted by molar-refractivity contribution is 14.0. The van der Waals surface area contributed by atoms with Crippen LogP contribution in [0.25, 0.3) is 0 Å². The maximum Gasteiger partial charge on any atom is 0.191 e. The van der Waals surface area contributed by atoms with Crippen molar-refractivity contribution in [2.45, 2.75) is 57.8 Å². The minimum Gasteiger partial charge on any atom is -0.490 e. The number of hydrogen-bond donors (Lipinski definition) is 3. The summed E-state index contributed by atoms with van der Waals surface area (Å²) in [7, 11) is 0. The van der Waals surface area contributed by atoms with E-state index in [0.717, 1.165) is 30.7 Å². The summed E-state index contributed by atoms with van der Waals surface area (Å²) in [6.45, 7) is 5.24. The van der Waals surface area contributed by atoms with E-state index in [9.17, 15) is 5.11 Å². The second kappa shape index (κ2) is 11.4. The van der Waals surface area contributed by atoms with Crippen LogP contribution < -0.4 is 15.4 Å². The number of halogens is 1. The molecule has 0 saturated heterocycles. The van der Waals surface area contributed by atoms with Crippen molar-refractivity contribution in [1.29, 1.82) is 0 Å². The van der Waals surface area contributed by atoms with Crippen LogP contribution in [0.15, 0.2) is 52.1 Å². The van der Waals surface area contributed by atoms with E-state index < -0.39 is 5.60 Å². The zero-order valence-corrected chi connectivity index (χ0v) is 19.5. The van der Waals surface area contributed by atoms with Gasteiger partial charge < -0.3 is 24.9 Å². The summed E-state index contributed by atoms with van der Waals surface area (Å²) in [5.41, 5.74) is -0.0622. The van der Waals surface area contributed by atoms with Crippen molar-refractivity contribution in [2.75, 3.05) is 13.1 Å². The van der Waals surface area contributed by atoms with Crippen LogP contribution in [-0.4, -0.2) is 30.3 Å². The van der Waals surface area contributed by atoms with E-state index in [0.29, 0.717) is 24.4 Å². The first kappa shape index (κ1) is 23.5.